The second-order valence-corrected chi connectivity index (χ2v) is 9.13. The number of esters is 1. The van der Waals surface area contributed by atoms with Gasteiger partial charge in [0.1, 0.15) is 6.54 Å². The van der Waals surface area contributed by atoms with Crippen LogP contribution in [0.15, 0.2) is 0 Å². The van der Waals surface area contributed by atoms with Crippen LogP contribution in [0, 0.1) is 23.2 Å². The molecule has 4 saturated carbocycles. The summed E-state index contributed by atoms with van der Waals surface area (Å²) in [5.41, 5.74) is -0.326. The topological polar surface area (TPSA) is 114 Å². The molecule has 0 radical (unpaired) electrons. The molecule has 4 rings (SSSR count). The lowest BCUT2D eigenvalue weighted by Gasteiger charge is -2.55. The average Bonchev–Trinajstić information content (AvgIpc) is 2.57. The van der Waals surface area contributed by atoms with Crippen molar-refractivity contribution in [2.24, 2.45) is 23.2 Å². The molecule has 4 fully saturated rings. The van der Waals surface area contributed by atoms with Crippen LogP contribution < -0.4 is 16.0 Å². The SMILES string of the molecule is CC(C)NC(=O)NC(=O)C(C)OC(=O)CNC(=O)C12CC3CC(CC(C3)C1)C2. The second kappa shape index (κ2) is 8.09. The molecule has 4 amide bonds. The Morgan fingerprint density at radius 1 is 0.964 bits per heavy atom. The maximum atomic E-state index is 12.8. The van der Waals surface area contributed by atoms with E-state index in [1.165, 1.54) is 26.2 Å². The molecule has 0 spiro atoms. The second-order valence-electron chi connectivity index (χ2n) is 9.13. The molecule has 0 aromatic carbocycles. The molecule has 4 aliphatic carbocycles. The van der Waals surface area contributed by atoms with E-state index in [1.54, 1.807) is 13.8 Å². The van der Waals surface area contributed by atoms with Gasteiger partial charge in [-0.2, -0.15) is 0 Å². The van der Waals surface area contributed by atoms with Crippen LogP contribution in [0.1, 0.15) is 59.3 Å². The van der Waals surface area contributed by atoms with E-state index < -0.39 is 24.0 Å². The van der Waals surface area contributed by atoms with Crippen LogP contribution in [-0.4, -0.2) is 42.5 Å². The van der Waals surface area contributed by atoms with Crippen LogP contribution >= 0.6 is 0 Å². The van der Waals surface area contributed by atoms with Gasteiger partial charge < -0.3 is 15.4 Å². The van der Waals surface area contributed by atoms with Gasteiger partial charge in [-0.3, -0.25) is 19.7 Å². The minimum atomic E-state index is -1.12. The van der Waals surface area contributed by atoms with Gasteiger partial charge in [0.05, 0.1) is 0 Å². The first-order chi connectivity index (χ1) is 13.2. The monoisotopic (exact) mass is 393 g/mol. The number of nitrogens with one attached hydrogen (secondary N) is 3. The molecule has 4 aliphatic rings. The van der Waals surface area contributed by atoms with Gasteiger partial charge in [-0.15, -0.1) is 0 Å². The van der Waals surface area contributed by atoms with Crippen LogP contribution in [0.3, 0.4) is 0 Å². The maximum absolute atomic E-state index is 12.8. The molecular formula is C20H31N3O5. The normalized spacial score (nSPS) is 31.2. The van der Waals surface area contributed by atoms with E-state index in [9.17, 15) is 19.2 Å². The first kappa shape index (κ1) is 20.6. The number of imide groups is 1. The minimum absolute atomic E-state index is 0.0584. The molecular weight excluding hydrogens is 362 g/mol. The Hall–Kier alpha value is -2.12. The van der Waals surface area contributed by atoms with Crippen LogP contribution in [0.4, 0.5) is 4.79 Å². The lowest BCUT2D eigenvalue weighted by atomic mass is 9.49. The third kappa shape index (κ3) is 4.64. The number of urea groups is 1. The van der Waals surface area contributed by atoms with Gasteiger partial charge in [0.15, 0.2) is 6.10 Å². The summed E-state index contributed by atoms with van der Waals surface area (Å²) in [5.74, 6) is 0.472. The summed E-state index contributed by atoms with van der Waals surface area (Å²) in [4.78, 5) is 48.3. The highest BCUT2D eigenvalue weighted by Gasteiger charge is 2.54. The molecule has 3 N–H and O–H groups in total. The van der Waals surface area contributed by atoms with Gasteiger partial charge in [0.2, 0.25) is 5.91 Å². The molecule has 8 heteroatoms. The molecule has 1 atom stereocenters. The van der Waals surface area contributed by atoms with Crippen LogP contribution in [0.25, 0.3) is 0 Å². The van der Waals surface area contributed by atoms with Crippen molar-refractivity contribution in [2.75, 3.05) is 6.54 Å². The first-order valence-corrected chi connectivity index (χ1v) is 10.3. The zero-order valence-electron chi connectivity index (χ0n) is 16.9. The highest BCUT2D eigenvalue weighted by atomic mass is 16.5. The number of carbonyl (C=O) groups excluding carboxylic acids is 4. The summed E-state index contributed by atoms with van der Waals surface area (Å²) < 4.78 is 5.04. The molecule has 0 aromatic heterocycles. The molecule has 8 nitrogen and oxygen atoms in total. The fourth-order valence-corrected chi connectivity index (χ4v) is 5.53. The van der Waals surface area contributed by atoms with E-state index in [0.29, 0.717) is 17.8 Å². The molecule has 0 saturated heterocycles. The molecule has 28 heavy (non-hydrogen) atoms. The Kier molecular flexibility index (Phi) is 5.95. The van der Waals surface area contributed by atoms with Crippen molar-refractivity contribution < 1.29 is 23.9 Å². The molecule has 156 valence electrons. The van der Waals surface area contributed by atoms with Crippen molar-refractivity contribution >= 4 is 23.8 Å². The number of carbonyl (C=O) groups is 4. The minimum Gasteiger partial charge on any atom is -0.451 e. The Balaban J connectivity index is 1.43. The summed E-state index contributed by atoms with van der Waals surface area (Å²) in [5, 5.41) is 7.36. The summed E-state index contributed by atoms with van der Waals surface area (Å²) in [6.45, 7) is 4.65. The fourth-order valence-electron chi connectivity index (χ4n) is 5.53. The van der Waals surface area contributed by atoms with Gasteiger partial charge in [-0.1, -0.05) is 0 Å². The van der Waals surface area contributed by atoms with Crippen LogP contribution in [-0.2, 0) is 19.1 Å². The Labute approximate surface area is 165 Å². The maximum Gasteiger partial charge on any atom is 0.326 e. The number of ether oxygens (including phenoxy) is 1. The number of rotatable bonds is 6. The third-order valence-corrected chi connectivity index (χ3v) is 6.25. The molecule has 4 bridgehead atoms. The molecule has 0 aromatic rings. The highest BCUT2D eigenvalue weighted by molar-refractivity contribution is 5.97. The quantitative estimate of drug-likeness (QED) is 0.592. The van der Waals surface area contributed by atoms with Gasteiger partial charge >= 0.3 is 12.0 Å². The largest absolute Gasteiger partial charge is 0.451 e. The summed E-state index contributed by atoms with van der Waals surface area (Å²) in [6, 6.07) is -0.761. The van der Waals surface area contributed by atoms with Gasteiger partial charge in [-0.05, 0) is 77.0 Å². The first-order valence-electron chi connectivity index (χ1n) is 10.3. The molecule has 1 unspecified atom stereocenters. The average molecular weight is 393 g/mol. The summed E-state index contributed by atoms with van der Waals surface area (Å²) in [6.07, 6.45) is 5.36. The van der Waals surface area contributed by atoms with E-state index >= 15 is 0 Å². The van der Waals surface area contributed by atoms with E-state index in [1.807, 2.05) is 0 Å². The molecule has 0 heterocycles. The lowest BCUT2D eigenvalue weighted by molar-refractivity contribution is -0.156. The summed E-state index contributed by atoms with van der Waals surface area (Å²) >= 11 is 0. The van der Waals surface area contributed by atoms with Crippen molar-refractivity contribution in [1.82, 2.24) is 16.0 Å². The van der Waals surface area contributed by atoms with Gasteiger partial charge in [0.25, 0.3) is 5.91 Å². The smallest absolute Gasteiger partial charge is 0.326 e. The van der Waals surface area contributed by atoms with Crippen molar-refractivity contribution in [3.8, 4) is 0 Å². The standard InChI is InChI=1S/C20H31N3O5/c1-11(2)22-19(27)23-17(25)12(3)28-16(24)10-21-18(26)20-7-13-4-14(8-20)6-15(5-13)9-20/h11-15H,4-10H2,1-3H3,(H,21,26)(H2,22,23,25,27). The predicted molar refractivity (Wildman–Crippen MR) is 101 cm³/mol. The molecule has 0 aliphatic heterocycles. The zero-order chi connectivity index (χ0) is 20.5. The Morgan fingerprint density at radius 3 is 2.00 bits per heavy atom. The summed E-state index contributed by atoms with van der Waals surface area (Å²) in [7, 11) is 0. The van der Waals surface area contributed by atoms with Gasteiger partial charge in [-0.25, -0.2) is 4.79 Å². The highest BCUT2D eigenvalue weighted by Crippen LogP contribution is 2.60. The van der Waals surface area contributed by atoms with Gasteiger partial charge in [0, 0.05) is 11.5 Å². The van der Waals surface area contributed by atoms with Crippen molar-refractivity contribution in [3.05, 3.63) is 0 Å². The van der Waals surface area contributed by atoms with Crippen molar-refractivity contribution in [3.63, 3.8) is 0 Å². The number of hydrogen-bond donors (Lipinski definition) is 3. The van der Waals surface area contributed by atoms with E-state index in [4.69, 9.17) is 4.74 Å². The lowest BCUT2D eigenvalue weighted by Crippen LogP contribution is -2.54. The van der Waals surface area contributed by atoms with Crippen LogP contribution in [0.2, 0.25) is 0 Å². The zero-order valence-corrected chi connectivity index (χ0v) is 16.9. The van der Waals surface area contributed by atoms with E-state index in [-0.39, 0.29) is 23.9 Å². The van der Waals surface area contributed by atoms with Crippen molar-refractivity contribution in [1.29, 1.82) is 0 Å². The van der Waals surface area contributed by atoms with E-state index in [2.05, 4.69) is 16.0 Å². The number of amides is 4. The third-order valence-electron chi connectivity index (χ3n) is 6.25. The Morgan fingerprint density at radius 2 is 1.50 bits per heavy atom. The van der Waals surface area contributed by atoms with Crippen molar-refractivity contribution in [2.45, 2.75) is 71.4 Å². The number of hydrogen-bond acceptors (Lipinski definition) is 5. The fraction of sp³-hybridized carbons (Fsp3) is 0.800. The predicted octanol–water partition coefficient (Wildman–Crippen LogP) is 1.48. The van der Waals surface area contributed by atoms with E-state index in [0.717, 1.165) is 19.3 Å². The Bertz CT molecular complexity index is 625. The van der Waals surface area contributed by atoms with Crippen LogP contribution in [0.5, 0.6) is 0 Å².